The molecule has 0 heterocycles. The van der Waals surface area contributed by atoms with Crippen molar-refractivity contribution in [2.45, 2.75) is 6.42 Å². The quantitative estimate of drug-likeness (QED) is 0.173. The second-order valence-electron chi connectivity index (χ2n) is 6.84. The molecule has 178 valence electrons. The molecular weight excluding hydrogens is 526 g/mol. The molecule has 2 amide bonds. The highest BCUT2D eigenvalue weighted by atomic mass is 79.9. The first-order valence-electron chi connectivity index (χ1n) is 9.80. The Balaban J connectivity index is 1.60. The van der Waals surface area contributed by atoms with Crippen LogP contribution in [0.3, 0.4) is 0 Å². The number of hydrazone groups is 1. The van der Waals surface area contributed by atoms with Crippen molar-refractivity contribution in [1.29, 1.82) is 0 Å². The summed E-state index contributed by atoms with van der Waals surface area (Å²) >= 11 is 3.30. The summed E-state index contributed by atoms with van der Waals surface area (Å²) in [5, 5.41) is 28.5. The van der Waals surface area contributed by atoms with Crippen LogP contribution in [0.2, 0.25) is 0 Å². The summed E-state index contributed by atoms with van der Waals surface area (Å²) in [6.07, 6.45) is 0.840. The fourth-order valence-corrected chi connectivity index (χ4v) is 3.14. The van der Waals surface area contributed by atoms with Gasteiger partial charge < -0.3 is 10.1 Å². The van der Waals surface area contributed by atoms with E-state index >= 15 is 0 Å². The van der Waals surface area contributed by atoms with E-state index in [4.69, 9.17) is 4.74 Å². The summed E-state index contributed by atoms with van der Waals surface area (Å²) < 4.78 is 6.20. The van der Waals surface area contributed by atoms with Gasteiger partial charge in [-0.2, -0.15) is 5.10 Å². The number of nitrogens with zero attached hydrogens (tertiary/aromatic N) is 3. The van der Waals surface area contributed by atoms with Crippen molar-refractivity contribution < 1.29 is 24.2 Å². The molecule has 0 aliphatic rings. The Morgan fingerprint density at radius 2 is 1.74 bits per heavy atom. The molecule has 0 unspecified atom stereocenters. The van der Waals surface area contributed by atoms with E-state index in [2.05, 4.69) is 31.8 Å². The predicted molar refractivity (Wildman–Crippen MR) is 129 cm³/mol. The van der Waals surface area contributed by atoms with Crippen molar-refractivity contribution in [2.75, 3.05) is 5.32 Å². The maximum atomic E-state index is 12.0. The number of carbonyl (C=O) groups excluding carboxylic acids is 2. The average Bonchev–Trinajstić information content (AvgIpc) is 2.80. The van der Waals surface area contributed by atoms with Crippen LogP contribution in [0.25, 0.3) is 0 Å². The van der Waals surface area contributed by atoms with Gasteiger partial charge in [-0.3, -0.25) is 29.8 Å². The standard InChI is InChI=1S/C22H16BrN5O7/c23-17-6-1-2-7-18(17)25-21(29)12-22(30)26-24-13-14-4-3-5-16(10-14)35-20-9-8-15(27(31)32)11-19(20)28(33)34/h1-11,13H,12H2,(H,25,29)(H,26,30). The van der Waals surface area contributed by atoms with Gasteiger partial charge in [0.05, 0.1) is 27.8 Å². The van der Waals surface area contributed by atoms with Gasteiger partial charge in [-0.25, -0.2) is 5.43 Å². The highest BCUT2D eigenvalue weighted by molar-refractivity contribution is 9.10. The second kappa shape index (κ2) is 11.5. The molecular formula is C22H16BrN5O7. The third kappa shape index (κ3) is 7.17. The van der Waals surface area contributed by atoms with Crippen molar-refractivity contribution in [3.63, 3.8) is 0 Å². The zero-order valence-corrected chi connectivity index (χ0v) is 19.3. The Morgan fingerprint density at radius 3 is 2.46 bits per heavy atom. The maximum absolute atomic E-state index is 12.0. The topological polar surface area (TPSA) is 166 Å². The van der Waals surface area contributed by atoms with Gasteiger partial charge in [0.25, 0.3) is 5.69 Å². The first kappa shape index (κ1) is 25.0. The number of carbonyl (C=O) groups is 2. The summed E-state index contributed by atoms with van der Waals surface area (Å²) in [5.41, 5.74) is 2.24. The number of nitro benzene ring substituents is 2. The predicted octanol–water partition coefficient (Wildman–Crippen LogP) is 4.54. The number of anilines is 1. The van der Waals surface area contributed by atoms with Crippen LogP contribution in [0.5, 0.6) is 11.5 Å². The lowest BCUT2D eigenvalue weighted by molar-refractivity contribution is -0.394. The molecule has 3 aromatic carbocycles. The molecule has 0 spiro atoms. The van der Waals surface area contributed by atoms with Crippen LogP contribution in [0.4, 0.5) is 17.1 Å². The fraction of sp³-hybridized carbons (Fsp3) is 0.0455. The molecule has 3 rings (SSSR count). The number of nitrogens with one attached hydrogen (secondary N) is 2. The zero-order valence-electron chi connectivity index (χ0n) is 17.7. The SMILES string of the molecule is O=C(CC(=O)Nc1ccccc1Br)NN=Cc1cccc(Oc2ccc([N+](=O)[O-])cc2[N+](=O)[O-])c1. The molecule has 0 aliphatic heterocycles. The van der Waals surface area contributed by atoms with Crippen molar-refractivity contribution in [3.8, 4) is 11.5 Å². The first-order chi connectivity index (χ1) is 16.7. The Kier molecular flexibility index (Phi) is 8.19. The molecule has 0 fully saturated rings. The van der Waals surface area contributed by atoms with Gasteiger partial charge in [0, 0.05) is 10.5 Å². The number of rotatable bonds is 9. The number of nitro groups is 2. The fourth-order valence-electron chi connectivity index (χ4n) is 2.75. The van der Waals surface area contributed by atoms with Crippen LogP contribution in [-0.4, -0.2) is 27.9 Å². The highest BCUT2D eigenvalue weighted by Crippen LogP contribution is 2.34. The Labute approximate surface area is 206 Å². The molecule has 0 bridgehead atoms. The summed E-state index contributed by atoms with van der Waals surface area (Å²) in [6.45, 7) is 0. The number of hydrogen-bond donors (Lipinski definition) is 2. The van der Waals surface area contributed by atoms with Gasteiger partial charge in [-0.1, -0.05) is 24.3 Å². The van der Waals surface area contributed by atoms with Crippen molar-refractivity contribution in [3.05, 3.63) is 97.0 Å². The number of benzene rings is 3. The van der Waals surface area contributed by atoms with Gasteiger partial charge in [0.2, 0.25) is 17.6 Å². The highest BCUT2D eigenvalue weighted by Gasteiger charge is 2.21. The van der Waals surface area contributed by atoms with Crippen molar-refractivity contribution in [2.24, 2.45) is 5.10 Å². The number of non-ortho nitro benzene ring substituents is 1. The van der Waals surface area contributed by atoms with Gasteiger partial charge in [-0.05, 0) is 51.8 Å². The van der Waals surface area contributed by atoms with E-state index in [1.54, 1.807) is 36.4 Å². The number of hydrogen-bond acceptors (Lipinski definition) is 8. The molecule has 13 heteroatoms. The van der Waals surface area contributed by atoms with Gasteiger partial charge >= 0.3 is 5.69 Å². The molecule has 0 aromatic heterocycles. The Bertz CT molecular complexity index is 1330. The molecule has 12 nitrogen and oxygen atoms in total. The van der Waals surface area contributed by atoms with E-state index in [1.165, 1.54) is 18.3 Å². The van der Waals surface area contributed by atoms with Gasteiger partial charge in [-0.15, -0.1) is 0 Å². The van der Waals surface area contributed by atoms with Crippen LogP contribution in [0, 0.1) is 20.2 Å². The lowest BCUT2D eigenvalue weighted by Gasteiger charge is -2.07. The number of halogens is 1. The van der Waals surface area contributed by atoms with Crippen LogP contribution >= 0.6 is 15.9 Å². The van der Waals surface area contributed by atoms with E-state index < -0.39 is 39.5 Å². The molecule has 3 aromatic rings. The third-order valence-corrected chi connectivity index (χ3v) is 5.00. The summed E-state index contributed by atoms with van der Waals surface area (Å²) in [6, 6.07) is 16.2. The number of amides is 2. The lowest BCUT2D eigenvalue weighted by Crippen LogP contribution is -2.24. The minimum Gasteiger partial charge on any atom is -0.450 e. The summed E-state index contributed by atoms with van der Waals surface area (Å²) in [4.78, 5) is 44.6. The van der Waals surface area contributed by atoms with Crippen LogP contribution < -0.4 is 15.5 Å². The largest absolute Gasteiger partial charge is 0.450 e. The molecule has 0 saturated heterocycles. The molecule has 2 N–H and O–H groups in total. The molecule has 0 aliphatic carbocycles. The van der Waals surface area contributed by atoms with Crippen LogP contribution in [0.15, 0.2) is 76.3 Å². The Morgan fingerprint density at radius 1 is 0.971 bits per heavy atom. The van der Waals surface area contributed by atoms with E-state index in [-0.39, 0.29) is 11.5 Å². The summed E-state index contributed by atoms with van der Waals surface area (Å²) in [5.74, 6) is -1.14. The minimum absolute atomic E-state index is 0.181. The molecule has 35 heavy (non-hydrogen) atoms. The van der Waals surface area contributed by atoms with Gasteiger partial charge in [0.1, 0.15) is 12.2 Å². The van der Waals surface area contributed by atoms with Crippen molar-refractivity contribution >= 4 is 51.0 Å². The van der Waals surface area contributed by atoms with Crippen LogP contribution in [0.1, 0.15) is 12.0 Å². The van der Waals surface area contributed by atoms with E-state index in [0.717, 1.165) is 18.2 Å². The minimum atomic E-state index is -0.782. The smallest absolute Gasteiger partial charge is 0.318 e. The third-order valence-electron chi connectivity index (χ3n) is 4.31. The van der Waals surface area contributed by atoms with Gasteiger partial charge in [0.15, 0.2) is 0 Å². The Hall–Kier alpha value is -4.65. The first-order valence-corrected chi connectivity index (χ1v) is 10.6. The number of ether oxygens (including phenoxy) is 1. The molecule has 0 saturated carbocycles. The molecule has 0 radical (unpaired) electrons. The van der Waals surface area contributed by atoms with Crippen LogP contribution in [-0.2, 0) is 9.59 Å². The lowest BCUT2D eigenvalue weighted by atomic mass is 10.2. The second-order valence-corrected chi connectivity index (χ2v) is 7.69. The average molecular weight is 542 g/mol. The summed E-state index contributed by atoms with van der Waals surface area (Å²) in [7, 11) is 0. The van der Waals surface area contributed by atoms with E-state index in [9.17, 15) is 29.8 Å². The monoisotopic (exact) mass is 541 g/mol. The zero-order chi connectivity index (χ0) is 25.4. The number of para-hydroxylation sites is 1. The van der Waals surface area contributed by atoms with E-state index in [0.29, 0.717) is 15.7 Å². The van der Waals surface area contributed by atoms with Crippen molar-refractivity contribution in [1.82, 2.24) is 5.43 Å². The van der Waals surface area contributed by atoms with E-state index in [1.807, 2.05) is 0 Å². The molecule has 0 atom stereocenters. The maximum Gasteiger partial charge on any atom is 0.318 e. The normalized spacial score (nSPS) is 10.5.